The Hall–Kier alpha value is -1.60. The minimum absolute atomic E-state index is 0.118. The first-order valence-electron chi connectivity index (χ1n) is 6.36. The van der Waals surface area contributed by atoms with E-state index in [1.807, 2.05) is 0 Å². The monoisotopic (exact) mass is 289 g/mol. The Kier molecular flexibility index (Phi) is 7.86. The summed E-state index contributed by atoms with van der Waals surface area (Å²) in [4.78, 5) is 23.1. The van der Waals surface area contributed by atoms with Crippen LogP contribution < -0.4 is 5.32 Å². The Morgan fingerprint density at radius 1 is 1.45 bits per heavy atom. The van der Waals surface area contributed by atoms with Gasteiger partial charge in [-0.15, -0.1) is 0 Å². The van der Waals surface area contributed by atoms with Crippen LogP contribution in [0.25, 0.3) is 0 Å². The predicted octanol–water partition coefficient (Wildman–Crippen LogP) is 0.701. The van der Waals surface area contributed by atoms with E-state index in [4.69, 9.17) is 14.6 Å². The zero-order chi connectivity index (χ0) is 15.8. The number of alkyl carbamates (subject to hydrolysis) is 1. The Labute approximate surface area is 118 Å². The van der Waals surface area contributed by atoms with E-state index in [-0.39, 0.29) is 25.0 Å². The van der Waals surface area contributed by atoms with Crippen LogP contribution in [0.5, 0.6) is 0 Å². The molecular weight excluding hydrogens is 266 g/mol. The third-order valence-electron chi connectivity index (χ3n) is 2.47. The second-order valence-corrected chi connectivity index (χ2v) is 4.62. The first-order valence-corrected chi connectivity index (χ1v) is 6.36. The summed E-state index contributed by atoms with van der Waals surface area (Å²) in [6, 6.07) is 0. The molecule has 0 saturated heterocycles. The van der Waals surface area contributed by atoms with Crippen molar-refractivity contribution in [3.05, 3.63) is 12.2 Å². The average Bonchev–Trinajstić information content (AvgIpc) is 2.35. The smallest absolute Gasteiger partial charge is 0.410 e. The highest BCUT2D eigenvalue weighted by Crippen LogP contribution is 2.18. The van der Waals surface area contributed by atoms with E-state index in [1.165, 1.54) is 13.8 Å². The van der Waals surface area contributed by atoms with E-state index in [0.29, 0.717) is 0 Å². The van der Waals surface area contributed by atoms with E-state index in [0.717, 1.165) is 0 Å². The van der Waals surface area contributed by atoms with Crippen LogP contribution in [-0.4, -0.2) is 47.3 Å². The Morgan fingerprint density at radius 2 is 2.05 bits per heavy atom. The van der Waals surface area contributed by atoms with Gasteiger partial charge in [0, 0.05) is 12.0 Å². The highest BCUT2D eigenvalue weighted by atomic mass is 16.6. The van der Waals surface area contributed by atoms with Crippen molar-refractivity contribution in [1.29, 1.82) is 0 Å². The fourth-order valence-electron chi connectivity index (χ4n) is 1.35. The molecule has 1 amide bonds. The number of hydrogen-bond donors (Lipinski definition) is 3. The molecule has 0 aromatic heterocycles. The van der Waals surface area contributed by atoms with Gasteiger partial charge in [-0.05, 0) is 27.2 Å². The molecule has 0 fully saturated rings. The molecule has 2 unspecified atom stereocenters. The number of aliphatic hydroxyl groups is 2. The summed E-state index contributed by atoms with van der Waals surface area (Å²) < 4.78 is 9.91. The minimum atomic E-state index is -1.35. The first kappa shape index (κ1) is 18.4. The number of esters is 1. The summed E-state index contributed by atoms with van der Waals surface area (Å²) >= 11 is 0. The highest BCUT2D eigenvalue weighted by molar-refractivity contribution is 5.87. The maximum Gasteiger partial charge on any atom is 0.410 e. The summed E-state index contributed by atoms with van der Waals surface area (Å²) in [5, 5.41) is 20.6. The van der Waals surface area contributed by atoms with Crippen LogP contribution in [0.2, 0.25) is 0 Å². The fourth-order valence-corrected chi connectivity index (χ4v) is 1.35. The molecule has 0 heterocycles. The third-order valence-corrected chi connectivity index (χ3v) is 2.47. The van der Waals surface area contributed by atoms with Crippen LogP contribution in [0.1, 0.15) is 33.6 Å². The highest BCUT2D eigenvalue weighted by Gasteiger charge is 2.32. The van der Waals surface area contributed by atoms with Crippen LogP contribution >= 0.6 is 0 Å². The Morgan fingerprint density at radius 3 is 2.50 bits per heavy atom. The van der Waals surface area contributed by atoms with Gasteiger partial charge in [0.1, 0.15) is 0 Å². The summed E-state index contributed by atoms with van der Waals surface area (Å²) in [5.74, 6) is -0.664. The van der Waals surface area contributed by atoms with E-state index >= 15 is 0 Å². The summed E-state index contributed by atoms with van der Waals surface area (Å²) in [6.07, 6.45) is -1.43. The van der Waals surface area contributed by atoms with Crippen LogP contribution in [0, 0.1) is 0 Å². The average molecular weight is 289 g/mol. The number of hydrogen-bond acceptors (Lipinski definition) is 6. The zero-order valence-corrected chi connectivity index (χ0v) is 12.1. The number of ether oxygens (including phenoxy) is 2. The van der Waals surface area contributed by atoms with Crippen LogP contribution in [0.4, 0.5) is 4.79 Å². The van der Waals surface area contributed by atoms with Crippen molar-refractivity contribution >= 4 is 12.1 Å². The topological polar surface area (TPSA) is 105 Å². The standard InChI is InChI=1S/C13H23NO6/c1-5-19-12(18)14-13(4,7-6-10(16)8-15)20-11(17)9(2)3/h10,15-16H,2,5-8H2,1,3-4H3,(H,14,18). The fraction of sp³-hybridized carbons (Fsp3) is 0.692. The largest absolute Gasteiger partial charge is 0.450 e. The SMILES string of the molecule is C=C(C)C(=O)OC(C)(CCC(O)CO)NC(=O)OCC. The van der Waals surface area contributed by atoms with Crippen molar-refractivity contribution in [3.8, 4) is 0 Å². The molecule has 0 saturated carbocycles. The van der Waals surface area contributed by atoms with Gasteiger partial charge in [-0.25, -0.2) is 9.59 Å². The number of amides is 1. The molecule has 0 aliphatic heterocycles. The van der Waals surface area contributed by atoms with Gasteiger partial charge in [-0.1, -0.05) is 6.58 Å². The number of carbonyl (C=O) groups excluding carboxylic acids is 2. The third kappa shape index (κ3) is 7.10. The van der Waals surface area contributed by atoms with Gasteiger partial charge in [0.15, 0.2) is 5.72 Å². The normalized spacial score (nSPS) is 14.8. The van der Waals surface area contributed by atoms with Crippen molar-refractivity contribution < 1.29 is 29.3 Å². The Bertz CT molecular complexity index is 357. The number of carbonyl (C=O) groups is 2. The lowest BCUT2D eigenvalue weighted by Crippen LogP contribution is -2.50. The maximum absolute atomic E-state index is 11.6. The van der Waals surface area contributed by atoms with Gasteiger partial charge < -0.3 is 19.7 Å². The molecule has 0 aliphatic carbocycles. The summed E-state index contributed by atoms with van der Waals surface area (Å²) in [7, 11) is 0. The van der Waals surface area contributed by atoms with Gasteiger partial charge in [0.2, 0.25) is 0 Å². The minimum Gasteiger partial charge on any atom is -0.450 e. The molecule has 2 atom stereocenters. The Balaban J connectivity index is 4.77. The van der Waals surface area contributed by atoms with Gasteiger partial charge in [-0.3, -0.25) is 5.32 Å². The lowest BCUT2D eigenvalue weighted by atomic mass is 10.1. The van der Waals surface area contributed by atoms with E-state index in [1.54, 1.807) is 6.92 Å². The maximum atomic E-state index is 11.6. The van der Waals surface area contributed by atoms with Gasteiger partial charge in [0.05, 0.1) is 19.3 Å². The van der Waals surface area contributed by atoms with Crippen LogP contribution in [0.15, 0.2) is 12.2 Å². The van der Waals surface area contributed by atoms with Crippen LogP contribution in [0.3, 0.4) is 0 Å². The van der Waals surface area contributed by atoms with Gasteiger partial charge in [-0.2, -0.15) is 0 Å². The molecule has 0 aliphatic rings. The molecule has 20 heavy (non-hydrogen) atoms. The molecule has 0 aromatic carbocycles. The number of rotatable bonds is 8. The number of nitrogens with one attached hydrogen (secondary N) is 1. The molecular formula is C13H23NO6. The summed E-state index contributed by atoms with van der Waals surface area (Å²) in [6.45, 7) is 7.83. The first-order chi connectivity index (χ1) is 9.24. The van der Waals surface area contributed by atoms with Crippen molar-refractivity contribution in [2.75, 3.05) is 13.2 Å². The molecule has 0 aromatic rings. The molecule has 116 valence electrons. The van der Waals surface area contributed by atoms with E-state index in [9.17, 15) is 14.7 Å². The van der Waals surface area contributed by atoms with Gasteiger partial charge >= 0.3 is 12.1 Å². The molecule has 0 bridgehead atoms. The molecule has 0 radical (unpaired) electrons. The van der Waals surface area contributed by atoms with Gasteiger partial charge in [0.25, 0.3) is 0 Å². The summed E-state index contributed by atoms with van der Waals surface area (Å²) in [5.41, 5.74) is -1.16. The zero-order valence-electron chi connectivity index (χ0n) is 12.1. The van der Waals surface area contributed by atoms with E-state index in [2.05, 4.69) is 11.9 Å². The predicted molar refractivity (Wildman–Crippen MR) is 71.8 cm³/mol. The van der Waals surface area contributed by atoms with Crippen molar-refractivity contribution in [2.45, 2.75) is 45.4 Å². The van der Waals surface area contributed by atoms with Crippen molar-refractivity contribution in [1.82, 2.24) is 5.32 Å². The van der Waals surface area contributed by atoms with E-state index < -0.39 is 30.5 Å². The molecule has 7 heteroatoms. The van der Waals surface area contributed by atoms with Crippen LogP contribution in [-0.2, 0) is 14.3 Å². The van der Waals surface area contributed by atoms with Crippen molar-refractivity contribution in [2.24, 2.45) is 0 Å². The van der Waals surface area contributed by atoms with Crippen molar-refractivity contribution in [3.63, 3.8) is 0 Å². The molecule has 3 N–H and O–H groups in total. The lowest BCUT2D eigenvalue weighted by molar-refractivity contribution is -0.157. The second-order valence-electron chi connectivity index (χ2n) is 4.62. The quantitative estimate of drug-likeness (QED) is 0.345. The molecule has 0 spiro atoms. The molecule has 7 nitrogen and oxygen atoms in total. The second kappa shape index (κ2) is 8.55. The number of aliphatic hydroxyl groups excluding tert-OH is 2. The molecule has 0 rings (SSSR count). The lowest BCUT2D eigenvalue weighted by Gasteiger charge is -2.30.